The zero-order valence-electron chi connectivity index (χ0n) is 14.6. The molecule has 0 aromatic heterocycles. The molecule has 4 atom stereocenters. The Balaban J connectivity index is 1.95. The Kier molecular flexibility index (Phi) is 5.48. The Morgan fingerprint density at radius 2 is 1.89 bits per heavy atom. The largest absolute Gasteiger partial charge is 0.466 e. The molecule has 28 heavy (non-hydrogen) atoms. The summed E-state index contributed by atoms with van der Waals surface area (Å²) in [6.07, 6.45) is -0.844. The highest BCUT2D eigenvalue weighted by molar-refractivity contribution is 9.11. The Hall–Kier alpha value is -2.04. The highest BCUT2D eigenvalue weighted by Gasteiger charge is 2.65. The van der Waals surface area contributed by atoms with E-state index in [1.807, 2.05) is 0 Å². The van der Waals surface area contributed by atoms with Crippen molar-refractivity contribution < 1.29 is 38.5 Å². The fourth-order valence-corrected chi connectivity index (χ4v) is 4.60. The third kappa shape index (κ3) is 3.29. The first-order valence-corrected chi connectivity index (χ1v) is 9.59. The molecule has 1 saturated carbocycles. The minimum absolute atomic E-state index is 0.119. The number of ether oxygens (including phenoxy) is 3. The van der Waals surface area contributed by atoms with Crippen molar-refractivity contribution in [2.45, 2.75) is 18.6 Å². The Morgan fingerprint density at radius 1 is 1.21 bits per heavy atom. The maximum atomic E-state index is 12.9. The van der Waals surface area contributed by atoms with Crippen LogP contribution in [0, 0.1) is 11.8 Å². The van der Waals surface area contributed by atoms with Gasteiger partial charge in [-0.25, -0.2) is 9.59 Å². The van der Waals surface area contributed by atoms with Crippen molar-refractivity contribution in [3.8, 4) is 0 Å². The van der Waals surface area contributed by atoms with Crippen LogP contribution >= 0.6 is 31.9 Å². The van der Waals surface area contributed by atoms with Gasteiger partial charge in [0.2, 0.25) is 0 Å². The van der Waals surface area contributed by atoms with Gasteiger partial charge in [0, 0.05) is 8.95 Å². The molecule has 1 aliphatic carbocycles. The summed E-state index contributed by atoms with van der Waals surface area (Å²) < 4.78 is 15.8. The van der Waals surface area contributed by atoms with Crippen molar-refractivity contribution in [3.05, 3.63) is 44.5 Å². The second-order valence-electron chi connectivity index (χ2n) is 6.49. The lowest BCUT2D eigenvalue weighted by Crippen LogP contribution is -2.48. The number of hydrogen-bond acceptors (Lipinski definition) is 8. The molecule has 1 aliphatic heterocycles. The number of ketones is 1. The van der Waals surface area contributed by atoms with Crippen molar-refractivity contribution in [2.24, 2.45) is 11.8 Å². The van der Waals surface area contributed by atoms with Crippen LogP contribution in [0.25, 0.3) is 0 Å². The van der Waals surface area contributed by atoms with Gasteiger partial charge in [0.1, 0.15) is 17.8 Å². The molecule has 3 rings (SSSR count). The first kappa shape index (κ1) is 20.7. The summed E-state index contributed by atoms with van der Waals surface area (Å²) in [5, 5.41) is 10.9. The first-order valence-electron chi connectivity index (χ1n) is 8.00. The molecule has 0 amide bonds. The molecule has 2 aliphatic rings. The fraction of sp³-hybridized carbons (Fsp3) is 0.333. The van der Waals surface area contributed by atoms with E-state index >= 15 is 0 Å². The molecule has 0 radical (unpaired) electrons. The molecule has 0 spiro atoms. The third-order valence-corrected chi connectivity index (χ3v) is 5.90. The molecule has 0 unspecified atom stereocenters. The zero-order chi connectivity index (χ0) is 20.8. The van der Waals surface area contributed by atoms with Crippen LogP contribution in [0.3, 0.4) is 0 Å². The molecule has 1 heterocycles. The lowest BCUT2D eigenvalue weighted by atomic mass is 9.81. The molecular weight excluding hydrogens is 504 g/mol. The maximum absolute atomic E-state index is 12.9. The van der Waals surface area contributed by atoms with Crippen LogP contribution < -0.4 is 0 Å². The van der Waals surface area contributed by atoms with Crippen LogP contribution in [-0.4, -0.2) is 47.6 Å². The molecular formula is C18H14Br2O8. The number of benzene rings is 1. The average Bonchev–Trinajstić information content (AvgIpc) is 2.82. The molecule has 10 heteroatoms. The number of Topliss-reactive ketones (excluding diaryl/α,β-unsaturated/α-hetero) is 1. The molecule has 8 nitrogen and oxygen atoms in total. The fourth-order valence-electron chi connectivity index (χ4n) is 3.39. The number of esters is 3. The molecule has 1 aromatic carbocycles. The minimum atomic E-state index is -2.08. The number of cyclic esters (lactones) is 1. The van der Waals surface area contributed by atoms with Gasteiger partial charge in [-0.15, -0.1) is 0 Å². The summed E-state index contributed by atoms with van der Waals surface area (Å²) in [7, 11) is 1.11. The Labute approximate surface area is 176 Å². The van der Waals surface area contributed by atoms with E-state index in [4.69, 9.17) is 9.47 Å². The van der Waals surface area contributed by atoms with E-state index in [1.54, 1.807) is 12.1 Å². The lowest BCUT2D eigenvalue weighted by molar-refractivity contribution is -0.159. The normalized spacial score (nSPS) is 28.9. The predicted octanol–water partition coefficient (Wildman–Crippen LogP) is 1.92. The number of halogens is 2. The van der Waals surface area contributed by atoms with Crippen LogP contribution in [-0.2, 0) is 28.6 Å². The summed E-state index contributed by atoms with van der Waals surface area (Å²) in [4.78, 5) is 49.7. The van der Waals surface area contributed by atoms with E-state index in [1.165, 1.54) is 13.0 Å². The quantitative estimate of drug-likeness (QED) is 0.477. The van der Waals surface area contributed by atoms with Gasteiger partial charge in [0.15, 0.2) is 11.9 Å². The number of fused-ring (bicyclic) bond motifs is 1. The van der Waals surface area contributed by atoms with Crippen LogP contribution in [0.5, 0.6) is 0 Å². The summed E-state index contributed by atoms with van der Waals surface area (Å²) in [6, 6.07) is 4.68. The second kappa shape index (κ2) is 7.41. The molecule has 1 N–H and O–H groups in total. The molecule has 148 valence electrons. The number of hydrogen-bond donors (Lipinski definition) is 1. The summed E-state index contributed by atoms with van der Waals surface area (Å²) >= 11 is 6.49. The number of methoxy groups -OCH3 is 1. The SMILES string of the molecule is COC(=O)C1=COC(=O)[C@H]2[C@@H]1C(=O)[C@H](OC(=O)c1ccc(Br)cc1Br)[C@]2(C)O. The number of carbonyl (C=O) groups excluding carboxylic acids is 4. The highest BCUT2D eigenvalue weighted by Crippen LogP contribution is 2.46. The van der Waals surface area contributed by atoms with Gasteiger partial charge in [0.05, 0.1) is 24.2 Å². The van der Waals surface area contributed by atoms with Gasteiger partial charge in [0.25, 0.3) is 0 Å². The third-order valence-electron chi connectivity index (χ3n) is 4.75. The lowest BCUT2D eigenvalue weighted by Gasteiger charge is -2.30. The van der Waals surface area contributed by atoms with Gasteiger partial charge in [-0.05, 0) is 41.1 Å². The summed E-state index contributed by atoms with van der Waals surface area (Å²) in [6.45, 7) is 1.19. The van der Waals surface area contributed by atoms with E-state index in [0.29, 0.717) is 8.95 Å². The first-order chi connectivity index (χ1) is 13.1. The maximum Gasteiger partial charge on any atom is 0.340 e. The molecule has 1 aromatic rings. The van der Waals surface area contributed by atoms with Crippen LogP contribution in [0.1, 0.15) is 17.3 Å². The average molecular weight is 518 g/mol. The van der Waals surface area contributed by atoms with E-state index in [9.17, 15) is 24.3 Å². The van der Waals surface area contributed by atoms with E-state index < -0.39 is 47.2 Å². The van der Waals surface area contributed by atoms with Crippen molar-refractivity contribution in [1.82, 2.24) is 0 Å². The predicted molar refractivity (Wildman–Crippen MR) is 99.8 cm³/mol. The van der Waals surface area contributed by atoms with Gasteiger partial charge in [-0.2, -0.15) is 0 Å². The standard InChI is InChI=1S/C18H14Br2O8/c1-18(25)12-11(9(15(22)26-2)6-27-17(12)24)13(21)14(18)28-16(23)8-4-3-7(19)5-10(8)20/h3-6,11-12,14,25H,1-2H3/t11-,12-,14+,18-/m1/s1. The van der Waals surface area contributed by atoms with Crippen LogP contribution in [0.4, 0.5) is 0 Å². The molecule has 0 bridgehead atoms. The Morgan fingerprint density at radius 3 is 2.50 bits per heavy atom. The molecule has 0 saturated heterocycles. The minimum Gasteiger partial charge on any atom is -0.466 e. The van der Waals surface area contributed by atoms with E-state index in [2.05, 4.69) is 36.6 Å². The van der Waals surface area contributed by atoms with Crippen LogP contribution in [0.15, 0.2) is 39.0 Å². The number of rotatable bonds is 3. The smallest absolute Gasteiger partial charge is 0.340 e. The van der Waals surface area contributed by atoms with Crippen molar-refractivity contribution >= 4 is 55.6 Å². The zero-order valence-corrected chi connectivity index (χ0v) is 17.8. The van der Waals surface area contributed by atoms with E-state index in [0.717, 1.165) is 13.4 Å². The monoisotopic (exact) mass is 516 g/mol. The van der Waals surface area contributed by atoms with Gasteiger partial charge >= 0.3 is 17.9 Å². The van der Waals surface area contributed by atoms with Crippen molar-refractivity contribution in [2.75, 3.05) is 7.11 Å². The van der Waals surface area contributed by atoms with Crippen molar-refractivity contribution in [1.29, 1.82) is 0 Å². The van der Waals surface area contributed by atoms with Crippen molar-refractivity contribution in [3.63, 3.8) is 0 Å². The van der Waals surface area contributed by atoms with E-state index in [-0.39, 0.29) is 11.1 Å². The number of aliphatic hydroxyl groups is 1. The molecule has 1 fully saturated rings. The van der Waals surface area contributed by atoms with Gasteiger partial charge in [-0.3, -0.25) is 9.59 Å². The highest BCUT2D eigenvalue weighted by atomic mass is 79.9. The topological polar surface area (TPSA) is 116 Å². The van der Waals surface area contributed by atoms with Gasteiger partial charge in [-0.1, -0.05) is 15.9 Å². The van der Waals surface area contributed by atoms with Crippen LogP contribution in [0.2, 0.25) is 0 Å². The summed E-state index contributed by atoms with van der Waals surface area (Å²) in [5.74, 6) is -6.20. The van der Waals surface area contributed by atoms with Gasteiger partial charge < -0.3 is 19.3 Å². The summed E-state index contributed by atoms with van der Waals surface area (Å²) in [5.41, 5.74) is -2.18. The Bertz CT molecular complexity index is 920. The number of carbonyl (C=O) groups is 4. The second-order valence-corrected chi connectivity index (χ2v) is 8.26.